The quantitative estimate of drug-likeness (QED) is 0.847. The first-order valence-electron chi connectivity index (χ1n) is 6.66. The summed E-state index contributed by atoms with van der Waals surface area (Å²) in [5.41, 5.74) is -1.30. The number of carbonyl (C=O) groups excluding carboxylic acids is 1. The number of hydrogen-bond acceptors (Lipinski definition) is 2. The molecular weight excluding hydrogens is 314 g/mol. The molecule has 1 atom stereocenters. The molecule has 3 nitrogen and oxygen atoms in total. The molecule has 2 aromatic carbocycles. The molecular formula is C16H13F4NO2. The van der Waals surface area contributed by atoms with Crippen LogP contribution in [0.15, 0.2) is 48.5 Å². The fourth-order valence-electron chi connectivity index (χ4n) is 2.03. The molecule has 7 heteroatoms. The van der Waals surface area contributed by atoms with E-state index in [4.69, 9.17) is 0 Å². The van der Waals surface area contributed by atoms with E-state index in [1.54, 1.807) is 30.3 Å². The van der Waals surface area contributed by atoms with Crippen LogP contribution in [-0.4, -0.2) is 17.6 Å². The minimum absolute atomic E-state index is 0.449. The minimum Gasteiger partial charge on any atom is -0.394 e. The monoisotopic (exact) mass is 327 g/mol. The van der Waals surface area contributed by atoms with Crippen molar-refractivity contribution in [2.24, 2.45) is 0 Å². The van der Waals surface area contributed by atoms with Gasteiger partial charge in [-0.1, -0.05) is 30.3 Å². The van der Waals surface area contributed by atoms with Crippen molar-refractivity contribution in [1.82, 2.24) is 5.32 Å². The smallest absolute Gasteiger partial charge is 0.394 e. The number of rotatable bonds is 4. The van der Waals surface area contributed by atoms with Gasteiger partial charge in [0.15, 0.2) is 0 Å². The number of nitrogens with one attached hydrogen (secondary N) is 1. The predicted molar refractivity (Wildman–Crippen MR) is 75.1 cm³/mol. The van der Waals surface area contributed by atoms with Crippen molar-refractivity contribution in [2.45, 2.75) is 12.2 Å². The van der Waals surface area contributed by atoms with Crippen molar-refractivity contribution in [2.75, 3.05) is 6.61 Å². The van der Waals surface area contributed by atoms with Crippen molar-refractivity contribution in [3.63, 3.8) is 0 Å². The van der Waals surface area contributed by atoms with Crippen LogP contribution in [0.5, 0.6) is 0 Å². The third-order valence-corrected chi connectivity index (χ3v) is 3.23. The summed E-state index contributed by atoms with van der Waals surface area (Å²) in [6, 6.07) is 9.09. The Morgan fingerprint density at radius 2 is 1.78 bits per heavy atom. The van der Waals surface area contributed by atoms with Gasteiger partial charge in [0.05, 0.1) is 23.8 Å². The van der Waals surface area contributed by atoms with Crippen molar-refractivity contribution < 1.29 is 27.5 Å². The Hall–Kier alpha value is -2.41. The third-order valence-electron chi connectivity index (χ3n) is 3.23. The number of carbonyl (C=O) groups is 1. The summed E-state index contributed by atoms with van der Waals surface area (Å²) < 4.78 is 51.7. The lowest BCUT2D eigenvalue weighted by Gasteiger charge is -2.17. The van der Waals surface area contributed by atoms with Gasteiger partial charge in [0.25, 0.3) is 5.91 Å². The number of aliphatic hydroxyl groups is 1. The van der Waals surface area contributed by atoms with E-state index in [-0.39, 0.29) is 0 Å². The molecule has 2 N–H and O–H groups in total. The van der Waals surface area contributed by atoms with Crippen molar-refractivity contribution in [3.8, 4) is 0 Å². The predicted octanol–water partition coefficient (Wildman–Crippen LogP) is 3.31. The van der Waals surface area contributed by atoms with E-state index in [0.717, 1.165) is 0 Å². The molecule has 0 aliphatic rings. The number of halogens is 4. The maximum atomic E-state index is 13.7. The molecule has 0 radical (unpaired) electrons. The second-order valence-corrected chi connectivity index (χ2v) is 4.81. The van der Waals surface area contributed by atoms with Crippen LogP contribution < -0.4 is 5.32 Å². The molecule has 0 spiro atoms. The van der Waals surface area contributed by atoms with E-state index in [0.29, 0.717) is 23.8 Å². The van der Waals surface area contributed by atoms with Crippen LogP contribution in [-0.2, 0) is 6.18 Å². The second kappa shape index (κ2) is 6.78. The van der Waals surface area contributed by atoms with Crippen LogP contribution in [0.1, 0.15) is 27.5 Å². The average molecular weight is 327 g/mol. The highest BCUT2D eigenvalue weighted by molar-refractivity contribution is 5.95. The van der Waals surface area contributed by atoms with Gasteiger partial charge in [0.1, 0.15) is 5.82 Å². The van der Waals surface area contributed by atoms with E-state index in [1.807, 2.05) is 0 Å². The molecule has 0 aliphatic carbocycles. The first kappa shape index (κ1) is 17.0. The van der Waals surface area contributed by atoms with E-state index in [9.17, 15) is 27.5 Å². The number of hydrogen-bond donors (Lipinski definition) is 2. The van der Waals surface area contributed by atoms with E-state index in [1.165, 1.54) is 0 Å². The van der Waals surface area contributed by atoms with Crippen LogP contribution in [0.25, 0.3) is 0 Å². The Morgan fingerprint density at radius 1 is 1.13 bits per heavy atom. The highest BCUT2D eigenvalue weighted by Crippen LogP contribution is 2.30. The molecule has 0 fully saturated rings. The van der Waals surface area contributed by atoms with Crippen LogP contribution in [0.2, 0.25) is 0 Å². The zero-order valence-corrected chi connectivity index (χ0v) is 11.8. The van der Waals surface area contributed by atoms with Crippen molar-refractivity contribution in [1.29, 1.82) is 0 Å². The lowest BCUT2D eigenvalue weighted by atomic mass is 10.1. The lowest BCUT2D eigenvalue weighted by molar-refractivity contribution is -0.137. The molecule has 2 rings (SSSR count). The third kappa shape index (κ3) is 4.07. The highest BCUT2D eigenvalue weighted by atomic mass is 19.4. The molecule has 0 aromatic heterocycles. The SMILES string of the molecule is O=C(NC(CO)c1ccccc1)c1cc(C(F)(F)F)ccc1F. The molecule has 1 unspecified atom stereocenters. The summed E-state index contributed by atoms with van der Waals surface area (Å²) in [6.07, 6.45) is -4.68. The van der Waals surface area contributed by atoms with Crippen LogP contribution in [0, 0.1) is 5.82 Å². The van der Waals surface area contributed by atoms with Gasteiger partial charge in [-0.3, -0.25) is 4.79 Å². The molecule has 122 valence electrons. The van der Waals surface area contributed by atoms with Crippen LogP contribution in [0.3, 0.4) is 0 Å². The fraction of sp³-hybridized carbons (Fsp3) is 0.188. The molecule has 0 saturated heterocycles. The molecule has 0 saturated carbocycles. The Kier molecular flexibility index (Phi) is 5.00. The second-order valence-electron chi connectivity index (χ2n) is 4.81. The maximum Gasteiger partial charge on any atom is 0.416 e. The van der Waals surface area contributed by atoms with Gasteiger partial charge in [-0.05, 0) is 23.8 Å². The molecule has 23 heavy (non-hydrogen) atoms. The highest BCUT2D eigenvalue weighted by Gasteiger charge is 2.32. The van der Waals surface area contributed by atoms with Gasteiger partial charge in [0.2, 0.25) is 0 Å². The summed E-state index contributed by atoms with van der Waals surface area (Å²) in [7, 11) is 0. The van der Waals surface area contributed by atoms with Gasteiger partial charge in [-0.15, -0.1) is 0 Å². The molecule has 2 aromatic rings. The Morgan fingerprint density at radius 3 is 2.35 bits per heavy atom. The summed E-state index contributed by atoms with van der Waals surface area (Å²) in [5, 5.41) is 11.7. The first-order valence-corrected chi connectivity index (χ1v) is 6.66. The number of amides is 1. The Balaban J connectivity index is 2.26. The summed E-state index contributed by atoms with van der Waals surface area (Å²) in [6.45, 7) is -0.476. The van der Waals surface area contributed by atoms with E-state index in [2.05, 4.69) is 5.32 Å². The molecule has 0 bridgehead atoms. The number of benzene rings is 2. The Labute approximate surface area is 129 Å². The van der Waals surface area contributed by atoms with Gasteiger partial charge >= 0.3 is 6.18 Å². The summed E-state index contributed by atoms with van der Waals surface area (Å²) >= 11 is 0. The zero-order valence-electron chi connectivity index (χ0n) is 11.8. The van der Waals surface area contributed by atoms with Crippen LogP contribution >= 0.6 is 0 Å². The number of aliphatic hydroxyl groups excluding tert-OH is 1. The van der Waals surface area contributed by atoms with Gasteiger partial charge in [0, 0.05) is 0 Å². The molecule has 0 aliphatic heterocycles. The zero-order chi connectivity index (χ0) is 17.0. The normalized spacial score (nSPS) is 12.7. The van der Waals surface area contributed by atoms with E-state index >= 15 is 0 Å². The van der Waals surface area contributed by atoms with Crippen molar-refractivity contribution in [3.05, 3.63) is 71.0 Å². The van der Waals surface area contributed by atoms with E-state index < -0.39 is 41.7 Å². The summed E-state index contributed by atoms with van der Waals surface area (Å²) in [5.74, 6) is -2.10. The Bertz CT molecular complexity index is 686. The number of alkyl halides is 3. The van der Waals surface area contributed by atoms with Crippen LogP contribution in [0.4, 0.5) is 17.6 Å². The average Bonchev–Trinajstić information content (AvgIpc) is 2.52. The topological polar surface area (TPSA) is 49.3 Å². The molecule has 1 amide bonds. The van der Waals surface area contributed by atoms with Gasteiger partial charge in [-0.25, -0.2) is 4.39 Å². The minimum atomic E-state index is -4.68. The van der Waals surface area contributed by atoms with Gasteiger partial charge < -0.3 is 10.4 Å². The summed E-state index contributed by atoms with van der Waals surface area (Å²) in [4.78, 5) is 12.1. The largest absolute Gasteiger partial charge is 0.416 e. The lowest BCUT2D eigenvalue weighted by Crippen LogP contribution is -2.31. The maximum absolute atomic E-state index is 13.7. The molecule has 0 heterocycles. The van der Waals surface area contributed by atoms with Gasteiger partial charge in [-0.2, -0.15) is 13.2 Å². The standard InChI is InChI=1S/C16H13F4NO2/c17-13-7-6-11(16(18,19)20)8-12(13)15(23)21-14(9-22)10-4-2-1-3-5-10/h1-8,14,22H,9H2,(H,21,23). The van der Waals surface area contributed by atoms with Crippen molar-refractivity contribution >= 4 is 5.91 Å². The first-order chi connectivity index (χ1) is 10.8. The fourth-order valence-corrected chi connectivity index (χ4v) is 2.03.